The van der Waals surface area contributed by atoms with Gasteiger partial charge in [-0.1, -0.05) is 0 Å². The van der Waals surface area contributed by atoms with Crippen LogP contribution in [0.5, 0.6) is 0 Å². The molecule has 2 aromatic heterocycles. The van der Waals surface area contributed by atoms with Crippen LogP contribution in [0, 0.1) is 0 Å². The second-order valence-electron chi connectivity index (χ2n) is 8.15. The van der Waals surface area contributed by atoms with E-state index >= 15 is 0 Å². The van der Waals surface area contributed by atoms with E-state index in [1.807, 2.05) is 27.7 Å². The smallest absolute Gasteiger partial charge is 0.410 e. The number of ether oxygens (including phenoxy) is 2. The first-order valence-electron chi connectivity index (χ1n) is 8.91. The number of hydrogen-bond donors (Lipinski definition) is 1. The van der Waals surface area contributed by atoms with Gasteiger partial charge in [-0.15, -0.1) is 0 Å². The number of carbonyl (C=O) groups excluding carboxylic acids is 1. The van der Waals surface area contributed by atoms with E-state index in [0.29, 0.717) is 41.2 Å². The normalized spacial score (nSPS) is 25.2. The van der Waals surface area contributed by atoms with Crippen molar-refractivity contribution in [1.29, 1.82) is 0 Å². The fourth-order valence-electron chi connectivity index (χ4n) is 3.94. The van der Waals surface area contributed by atoms with Crippen molar-refractivity contribution in [3.05, 3.63) is 26.3 Å². The predicted octanol–water partition coefficient (Wildman–Crippen LogP) is 2.33. The van der Waals surface area contributed by atoms with E-state index in [0.717, 1.165) is 0 Å². The van der Waals surface area contributed by atoms with Crippen molar-refractivity contribution in [2.45, 2.75) is 64.4 Å². The Balaban J connectivity index is 1.66. The molecule has 4 rings (SSSR count). The van der Waals surface area contributed by atoms with Gasteiger partial charge >= 0.3 is 6.09 Å². The molecule has 0 radical (unpaired) electrons. The molecule has 9 nitrogen and oxygen atoms in total. The molecule has 1 spiro atoms. The minimum atomic E-state index is -0.740. The van der Waals surface area contributed by atoms with E-state index in [-0.39, 0.29) is 24.3 Å². The highest BCUT2D eigenvalue weighted by Gasteiger charge is 2.49. The number of aromatic amines is 1. The van der Waals surface area contributed by atoms with Crippen LogP contribution in [0.25, 0.3) is 5.78 Å². The number of fused-ring (bicyclic) bond motifs is 3. The van der Waals surface area contributed by atoms with E-state index in [2.05, 4.69) is 31.0 Å². The van der Waals surface area contributed by atoms with Gasteiger partial charge < -0.3 is 14.4 Å². The topological polar surface area (TPSA) is 102 Å². The molecule has 27 heavy (non-hydrogen) atoms. The van der Waals surface area contributed by atoms with Crippen LogP contribution in [-0.2, 0) is 21.7 Å². The third-order valence-corrected chi connectivity index (χ3v) is 5.38. The fraction of sp³-hybridized carbons (Fsp3) is 0.647. The van der Waals surface area contributed by atoms with E-state index in [9.17, 15) is 9.59 Å². The second-order valence-corrected chi connectivity index (χ2v) is 8.90. The Kier molecular flexibility index (Phi) is 4.12. The molecule has 0 saturated carbocycles. The average Bonchev–Trinajstić information content (AvgIpc) is 3.07. The first kappa shape index (κ1) is 18.4. The maximum atomic E-state index is 13.1. The monoisotopic (exact) mass is 439 g/mol. The molecular formula is C17H22BrN5O4. The molecule has 2 aliphatic rings. The summed E-state index contributed by atoms with van der Waals surface area (Å²) in [6.07, 6.45) is 0.685. The summed E-state index contributed by atoms with van der Waals surface area (Å²) in [5, 5.41) is 2.85. The summed E-state index contributed by atoms with van der Waals surface area (Å²) in [6, 6.07) is -0.131. The number of hydrogen-bond acceptors (Lipinski definition) is 6. The predicted molar refractivity (Wildman–Crippen MR) is 99.4 cm³/mol. The van der Waals surface area contributed by atoms with Crippen LogP contribution in [0.15, 0.2) is 9.53 Å². The van der Waals surface area contributed by atoms with Crippen LogP contribution in [0.4, 0.5) is 4.79 Å². The number of aromatic nitrogens is 4. The van der Waals surface area contributed by atoms with Gasteiger partial charge in [0.25, 0.3) is 11.3 Å². The highest BCUT2D eigenvalue weighted by atomic mass is 79.9. The standard InChI is InChI=1S/C17H22BrN5O4/c1-9-7-17(5-6-22(9)15(25)27-16(2,3)4)11-10(8-26-17)19-14-20-13(18)21-23(14)12(11)24/h9H,5-8H2,1-4H3,(H,19,20,21)/t9-,17+/m1/s1. The Morgan fingerprint density at radius 1 is 1.41 bits per heavy atom. The summed E-state index contributed by atoms with van der Waals surface area (Å²) in [4.78, 5) is 35.9. The van der Waals surface area contributed by atoms with Gasteiger partial charge in [0.1, 0.15) is 11.2 Å². The minimum absolute atomic E-state index is 0.131. The number of piperidine rings is 1. The molecule has 1 N–H and O–H groups in total. The van der Waals surface area contributed by atoms with Crippen molar-refractivity contribution in [3.8, 4) is 0 Å². The van der Waals surface area contributed by atoms with Crippen molar-refractivity contribution in [1.82, 2.24) is 24.5 Å². The van der Waals surface area contributed by atoms with E-state index < -0.39 is 11.2 Å². The molecule has 4 heterocycles. The van der Waals surface area contributed by atoms with Gasteiger partial charge in [-0.3, -0.25) is 9.89 Å². The molecule has 1 amide bonds. The van der Waals surface area contributed by atoms with Crippen LogP contribution in [0.3, 0.4) is 0 Å². The summed E-state index contributed by atoms with van der Waals surface area (Å²) in [7, 11) is 0. The molecule has 0 unspecified atom stereocenters. The molecule has 10 heteroatoms. The Hall–Kier alpha value is -1.94. The Morgan fingerprint density at radius 2 is 2.15 bits per heavy atom. The lowest BCUT2D eigenvalue weighted by Gasteiger charge is -2.43. The van der Waals surface area contributed by atoms with Gasteiger partial charge in [0, 0.05) is 19.0 Å². The van der Waals surface area contributed by atoms with Gasteiger partial charge in [0.2, 0.25) is 0 Å². The lowest BCUT2D eigenvalue weighted by atomic mass is 9.82. The third-order valence-electron chi connectivity index (χ3n) is 5.03. The number of rotatable bonds is 0. The van der Waals surface area contributed by atoms with Crippen LogP contribution >= 0.6 is 15.9 Å². The van der Waals surface area contributed by atoms with Crippen LogP contribution in [0.1, 0.15) is 51.8 Å². The first-order chi connectivity index (χ1) is 12.6. The van der Waals surface area contributed by atoms with E-state index in [4.69, 9.17) is 9.47 Å². The molecule has 1 saturated heterocycles. The molecule has 2 atom stereocenters. The van der Waals surface area contributed by atoms with Crippen LogP contribution in [-0.4, -0.2) is 48.8 Å². The van der Waals surface area contributed by atoms with E-state index in [1.165, 1.54) is 4.52 Å². The SMILES string of the molecule is C[C@@H]1C[C@]2(CCN1C(=O)OC(C)(C)C)OCc1nc3nc(Br)[nH]n3c(=O)c12. The molecule has 0 aromatic carbocycles. The zero-order valence-electron chi connectivity index (χ0n) is 15.7. The maximum Gasteiger partial charge on any atom is 0.410 e. The molecule has 0 bridgehead atoms. The molecule has 1 fully saturated rings. The molecule has 146 valence electrons. The number of halogens is 1. The number of H-pyrrole nitrogens is 1. The van der Waals surface area contributed by atoms with Crippen molar-refractivity contribution in [2.75, 3.05) is 6.54 Å². The van der Waals surface area contributed by atoms with Crippen molar-refractivity contribution >= 4 is 27.8 Å². The zero-order chi connectivity index (χ0) is 19.6. The van der Waals surface area contributed by atoms with Crippen molar-refractivity contribution in [3.63, 3.8) is 0 Å². The van der Waals surface area contributed by atoms with Gasteiger partial charge in [-0.2, -0.15) is 9.50 Å². The van der Waals surface area contributed by atoms with Crippen LogP contribution in [0.2, 0.25) is 0 Å². The molecule has 0 aliphatic carbocycles. The number of likely N-dealkylation sites (tertiary alicyclic amines) is 1. The summed E-state index contributed by atoms with van der Waals surface area (Å²) in [5.74, 6) is 0.311. The highest BCUT2D eigenvalue weighted by molar-refractivity contribution is 9.10. The number of nitrogens with one attached hydrogen (secondary N) is 1. The highest BCUT2D eigenvalue weighted by Crippen LogP contribution is 2.44. The Bertz CT molecular complexity index is 978. The second kappa shape index (κ2) is 6.03. The molecule has 2 aliphatic heterocycles. The summed E-state index contributed by atoms with van der Waals surface area (Å²) >= 11 is 3.24. The van der Waals surface area contributed by atoms with Crippen molar-refractivity contribution in [2.24, 2.45) is 0 Å². The van der Waals surface area contributed by atoms with Gasteiger partial charge in [-0.05, 0) is 50.0 Å². The zero-order valence-corrected chi connectivity index (χ0v) is 17.3. The molecule has 2 aromatic rings. The van der Waals surface area contributed by atoms with Gasteiger partial charge in [-0.25, -0.2) is 9.78 Å². The lowest BCUT2D eigenvalue weighted by Crippen LogP contribution is -2.52. The minimum Gasteiger partial charge on any atom is -0.444 e. The summed E-state index contributed by atoms with van der Waals surface area (Å²) in [5.41, 5.74) is -0.312. The Morgan fingerprint density at radius 3 is 2.81 bits per heavy atom. The number of carbonyl (C=O) groups is 1. The first-order valence-corrected chi connectivity index (χ1v) is 9.70. The van der Waals surface area contributed by atoms with Crippen molar-refractivity contribution < 1.29 is 14.3 Å². The summed E-state index contributed by atoms with van der Waals surface area (Å²) < 4.78 is 13.4. The maximum absolute atomic E-state index is 13.1. The van der Waals surface area contributed by atoms with Gasteiger partial charge in [0.15, 0.2) is 4.73 Å². The quantitative estimate of drug-likeness (QED) is 0.675. The largest absolute Gasteiger partial charge is 0.444 e. The van der Waals surface area contributed by atoms with E-state index in [1.54, 1.807) is 4.90 Å². The lowest BCUT2D eigenvalue weighted by molar-refractivity contribution is -0.0945. The summed E-state index contributed by atoms with van der Waals surface area (Å²) in [6.45, 7) is 8.20. The fourth-order valence-corrected chi connectivity index (χ4v) is 4.27. The Labute approximate surface area is 164 Å². The van der Waals surface area contributed by atoms with Crippen LogP contribution < -0.4 is 5.56 Å². The number of nitrogens with zero attached hydrogens (tertiary/aromatic N) is 4. The number of amides is 1. The molecular weight excluding hydrogens is 418 g/mol. The third kappa shape index (κ3) is 3.04. The average molecular weight is 440 g/mol. The van der Waals surface area contributed by atoms with Gasteiger partial charge in [0.05, 0.1) is 17.9 Å².